The molecule has 2 N–H and O–H groups in total. The summed E-state index contributed by atoms with van der Waals surface area (Å²) in [7, 11) is 0. The molecule has 4 rings (SSSR count). The van der Waals surface area contributed by atoms with E-state index in [-0.39, 0.29) is 5.28 Å². The SMILES string of the molecule is Clc1cc(-c2ccccc2)nc(Cl)n1.O=c1cc(-c2ccccc2)[nH]c(=O)[nH]1. The van der Waals surface area contributed by atoms with E-state index in [2.05, 4.69) is 19.9 Å². The van der Waals surface area contributed by atoms with Crippen molar-refractivity contribution in [2.24, 2.45) is 0 Å². The van der Waals surface area contributed by atoms with Crippen LogP contribution in [0.5, 0.6) is 0 Å². The molecule has 0 aliphatic heterocycles. The molecule has 2 heterocycles. The quantitative estimate of drug-likeness (QED) is 0.381. The first-order chi connectivity index (χ1) is 13.5. The number of nitrogens with one attached hydrogen (secondary N) is 2. The van der Waals surface area contributed by atoms with Gasteiger partial charge in [-0.15, -0.1) is 0 Å². The van der Waals surface area contributed by atoms with Gasteiger partial charge in [-0.25, -0.2) is 14.8 Å². The molecule has 0 saturated heterocycles. The Hall–Kier alpha value is -3.22. The van der Waals surface area contributed by atoms with Gasteiger partial charge in [0.05, 0.1) is 11.4 Å². The zero-order valence-electron chi connectivity index (χ0n) is 14.4. The molecule has 140 valence electrons. The molecule has 2 aromatic carbocycles. The normalized spacial score (nSPS) is 10.1. The van der Waals surface area contributed by atoms with Gasteiger partial charge in [-0.3, -0.25) is 9.78 Å². The van der Waals surface area contributed by atoms with Gasteiger partial charge in [0.15, 0.2) is 0 Å². The van der Waals surface area contributed by atoms with Gasteiger partial charge >= 0.3 is 5.69 Å². The second kappa shape index (κ2) is 9.12. The fourth-order valence-corrected chi connectivity index (χ4v) is 2.80. The maximum Gasteiger partial charge on any atom is 0.326 e. The highest BCUT2D eigenvalue weighted by molar-refractivity contribution is 6.32. The average molecular weight is 413 g/mol. The summed E-state index contributed by atoms with van der Waals surface area (Å²) in [6.07, 6.45) is 0. The number of halogens is 2. The van der Waals surface area contributed by atoms with E-state index in [0.717, 1.165) is 16.8 Å². The van der Waals surface area contributed by atoms with E-state index >= 15 is 0 Å². The maximum absolute atomic E-state index is 11.0. The van der Waals surface area contributed by atoms with Crippen molar-refractivity contribution in [1.29, 1.82) is 0 Å². The lowest BCUT2D eigenvalue weighted by atomic mass is 10.1. The van der Waals surface area contributed by atoms with Crippen molar-refractivity contribution in [2.75, 3.05) is 0 Å². The van der Waals surface area contributed by atoms with Gasteiger partial charge in [0, 0.05) is 17.7 Å². The van der Waals surface area contributed by atoms with Gasteiger partial charge in [-0.2, -0.15) is 0 Å². The van der Waals surface area contributed by atoms with Crippen LogP contribution in [0.3, 0.4) is 0 Å². The predicted octanol–water partition coefficient (Wildman–Crippen LogP) is 4.18. The Kier molecular flexibility index (Phi) is 6.37. The topological polar surface area (TPSA) is 91.5 Å². The van der Waals surface area contributed by atoms with E-state index in [9.17, 15) is 9.59 Å². The van der Waals surface area contributed by atoms with E-state index in [1.807, 2.05) is 60.7 Å². The zero-order chi connectivity index (χ0) is 19.9. The molecule has 28 heavy (non-hydrogen) atoms. The highest BCUT2D eigenvalue weighted by Gasteiger charge is 2.02. The fourth-order valence-electron chi connectivity index (χ4n) is 2.39. The summed E-state index contributed by atoms with van der Waals surface area (Å²) in [5.41, 5.74) is 2.16. The smallest absolute Gasteiger partial charge is 0.307 e. The van der Waals surface area contributed by atoms with Crippen LogP contribution in [0.4, 0.5) is 0 Å². The second-order valence-electron chi connectivity index (χ2n) is 5.58. The minimum Gasteiger partial charge on any atom is -0.307 e. The minimum atomic E-state index is -0.489. The summed E-state index contributed by atoms with van der Waals surface area (Å²) in [6, 6.07) is 21.9. The molecular formula is C20H14Cl2N4O2. The van der Waals surface area contributed by atoms with Crippen molar-refractivity contribution in [3.63, 3.8) is 0 Å². The molecule has 4 aromatic rings. The first kappa shape index (κ1) is 19.5. The van der Waals surface area contributed by atoms with Crippen molar-refractivity contribution in [3.8, 4) is 22.5 Å². The molecule has 0 aliphatic carbocycles. The monoisotopic (exact) mass is 412 g/mol. The third-order valence-corrected chi connectivity index (χ3v) is 3.94. The Morgan fingerprint density at radius 1 is 0.714 bits per heavy atom. The van der Waals surface area contributed by atoms with E-state index < -0.39 is 11.2 Å². The molecule has 0 radical (unpaired) electrons. The van der Waals surface area contributed by atoms with E-state index in [4.69, 9.17) is 23.2 Å². The van der Waals surface area contributed by atoms with E-state index in [0.29, 0.717) is 10.8 Å². The molecule has 0 aliphatic rings. The van der Waals surface area contributed by atoms with Crippen molar-refractivity contribution in [1.82, 2.24) is 19.9 Å². The van der Waals surface area contributed by atoms with Crippen molar-refractivity contribution in [2.45, 2.75) is 0 Å². The lowest BCUT2D eigenvalue weighted by molar-refractivity contribution is 1.04. The van der Waals surface area contributed by atoms with Crippen LogP contribution >= 0.6 is 23.2 Å². The minimum absolute atomic E-state index is 0.163. The number of H-pyrrole nitrogens is 2. The molecule has 0 fully saturated rings. The van der Waals surface area contributed by atoms with Crippen LogP contribution in [0.1, 0.15) is 0 Å². The summed E-state index contributed by atoms with van der Waals surface area (Å²) < 4.78 is 0. The first-order valence-corrected chi connectivity index (χ1v) is 8.91. The molecular weight excluding hydrogens is 399 g/mol. The third-order valence-electron chi connectivity index (χ3n) is 3.58. The number of nitrogens with zero attached hydrogens (tertiary/aromatic N) is 2. The Morgan fingerprint density at radius 2 is 1.32 bits per heavy atom. The first-order valence-electron chi connectivity index (χ1n) is 8.16. The number of hydrogen-bond acceptors (Lipinski definition) is 4. The number of hydrogen-bond donors (Lipinski definition) is 2. The molecule has 0 bridgehead atoms. The van der Waals surface area contributed by atoms with Crippen LogP contribution in [0.2, 0.25) is 10.4 Å². The standard InChI is InChI=1S/C10H6Cl2N2.C10H8N2O2/c11-9-6-8(13-10(12)14-9)7-4-2-1-3-5-7;13-9-6-8(11-10(14)12-9)7-4-2-1-3-5-7/h1-6H;1-6H,(H2,11,12,13,14). The Balaban J connectivity index is 0.000000161. The molecule has 0 amide bonds. The van der Waals surface area contributed by atoms with Crippen LogP contribution in [0.25, 0.3) is 22.5 Å². The van der Waals surface area contributed by atoms with Crippen molar-refractivity contribution >= 4 is 23.2 Å². The predicted molar refractivity (Wildman–Crippen MR) is 111 cm³/mol. The highest BCUT2D eigenvalue weighted by Crippen LogP contribution is 2.20. The highest BCUT2D eigenvalue weighted by atomic mass is 35.5. The van der Waals surface area contributed by atoms with Gasteiger partial charge in [-0.1, -0.05) is 72.3 Å². The lowest BCUT2D eigenvalue weighted by Crippen LogP contribution is -2.21. The number of benzene rings is 2. The van der Waals surface area contributed by atoms with Gasteiger partial charge in [0.25, 0.3) is 5.56 Å². The summed E-state index contributed by atoms with van der Waals surface area (Å²) in [4.78, 5) is 34.5. The van der Waals surface area contributed by atoms with E-state index in [1.165, 1.54) is 6.07 Å². The second-order valence-corrected chi connectivity index (χ2v) is 6.30. The van der Waals surface area contributed by atoms with Crippen molar-refractivity contribution < 1.29 is 0 Å². The summed E-state index contributed by atoms with van der Waals surface area (Å²) in [5, 5.41) is 0.514. The average Bonchev–Trinajstić information content (AvgIpc) is 2.68. The van der Waals surface area contributed by atoms with Crippen LogP contribution in [0, 0.1) is 0 Å². The Labute approximate surface area is 169 Å². The van der Waals surface area contributed by atoms with Gasteiger partial charge < -0.3 is 4.98 Å². The molecule has 8 heteroatoms. The lowest BCUT2D eigenvalue weighted by Gasteiger charge is -2.00. The van der Waals surface area contributed by atoms with Crippen molar-refractivity contribution in [3.05, 3.63) is 104 Å². The van der Waals surface area contributed by atoms with E-state index in [1.54, 1.807) is 6.07 Å². The molecule has 6 nitrogen and oxygen atoms in total. The molecule has 2 aromatic heterocycles. The summed E-state index contributed by atoms with van der Waals surface area (Å²) >= 11 is 11.5. The molecule has 0 unspecified atom stereocenters. The van der Waals surface area contributed by atoms with Gasteiger partial charge in [0.2, 0.25) is 5.28 Å². The van der Waals surface area contributed by atoms with Crippen LogP contribution in [0.15, 0.2) is 82.4 Å². The summed E-state index contributed by atoms with van der Waals surface area (Å²) in [6.45, 7) is 0. The third kappa shape index (κ3) is 5.39. The largest absolute Gasteiger partial charge is 0.326 e. The molecule has 0 spiro atoms. The number of rotatable bonds is 2. The maximum atomic E-state index is 11.0. The number of aromatic amines is 2. The molecule has 0 atom stereocenters. The summed E-state index contributed by atoms with van der Waals surface area (Å²) in [5.74, 6) is 0. The fraction of sp³-hybridized carbons (Fsp3) is 0. The van der Waals surface area contributed by atoms with Gasteiger partial charge in [-0.05, 0) is 17.2 Å². The Bertz CT molecular complexity index is 1130. The van der Waals surface area contributed by atoms with Crippen LogP contribution < -0.4 is 11.2 Å². The number of aromatic nitrogens is 4. The van der Waals surface area contributed by atoms with Gasteiger partial charge in [0.1, 0.15) is 5.15 Å². The zero-order valence-corrected chi connectivity index (χ0v) is 15.9. The van der Waals surface area contributed by atoms with Crippen LogP contribution in [-0.4, -0.2) is 19.9 Å². The molecule has 0 saturated carbocycles. The Morgan fingerprint density at radius 3 is 1.89 bits per heavy atom. The van der Waals surface area contributed by atoms with Crippen LogP contribution in [-0.2, 0) is 0 Å².